The molecule has 1 aromatic heterocycles. The number of rotatable bonds is 9. The number of aromatic nitrogens is 2. The number of carbonyl (C=O) groups excluding carboxylic acids is 1. The molecule has 0 aliphatic carbocycles. The van der Waals surface area contributed by atoms with Gasteiger partial charge in [0.05, 0.1) is 30.2 Å². The fourth-order valence-electron chi connectivity index (χ4n) is 3.18. The number of halogens is 5. The normalized spacial score (nSPS) is 11.8. The van der Waals surface area contributed by atoms with Crippen molar-refractivity contribution >= 4 is 11.6 Å². The predicted molar refractivity (Wildman–Crippen MR) is 112 cm³/mol. The third-order valence-corrected chi connectivity index (χ3v) is 4.97. The van der Waals surface area contributed by atoms with E-state index in [4.69, 9.17) is 4.74 Å². The number of hydrogen-bond donors (Lipinski definition) is 1. The topological polar surface area (TPSA) is 56.2 Å². The molecule has 1 amide bonds. The van der Waals surface area contributed by atoms with Crippen LogP contribution in [0, 0.1) is 19.7 Å². The van der Waals surface area contributed by atoms with Gasteiger partial charge in [-0.25, -0.2) is 13.2 Å². The van der Waals surface area contributed by atoms with Crippen LogP contribution >= 0.6 is 0 Å². The van der Waals surface area contributed by atoms with Crippen molar-refractivity contribution in [1.82, 2.24) is 9.78 Å². The van der Waals surface area contributed by atoms with Crippen molar-refractivity contribution in [3.05, 3.63) is 82.4 Å². The highest BCUT2D eigenvalue weighted by Gasteiger charge is 2.40. The number of aryl methyl sites for hydroxylation is 1. The van der Waals surface area contributed by atoms with Crippen LogP contribution in [0.3, 0.4) is 0 Å². The third kappa shape index (κ3) is 5.95. The van der Waals surface area contributed by atoms with Gasteiger partial charge in [-0.3, -0.25) is 9.48 Å². The second-order valence-electron chi connectivity index (χ2n) is 7.50. The van der Waals surface area contributed by atoms with Crippen molar-refractivity contribution in [3.8, 4) is 0 Å². The zero-order valence-corrected chi connectivity index (χ0v) is 17.9. The van der Waals surface area contributed by atoms with E-state index in [1.807, 2.05) is 0 Å². The van der Waals surface area contributed by atoms with Gasteiger partial charge in [-0.1, -0.05) is 30.3 Å². The summed E-state index contributed by atoms with van der Waals surface area (Å²) in [6.07, 6.45) is -3.82. The Balaban J connectivity index is 1.69. The molecule has 33 heavy (non-hydrogen) atoms. The lowest BCUT2D eigenvalue weighted by Crippen LogP contribution is -2.32. The number of nitrogens with one attached hydrogen (secondary N) is 1. The van der Waals surface area contributed by atoms with E-state index in [0.717, 1.165) is 0 Å². The number of anilines is 1. The lowest BCUT2D eigenvalue weighted by molar-refractivity contribution is -0.168. The molecule has 0 spiro atoms. The van der Waals surface area contributed by atoms with Crippen LogP contribution in [0.4, 0.5) is 27.6 Å². The largest absolute Gasteiger partial charge is 0.370 e. The number of hydrogen-bond acceptors (Lipinski definition) is 3. The summed E-state index contributed by atoms with van der Waals surface area (Å²) in [4.78, 5) is 12.7. The first-order valence-corrected chi connectivity index (χ1v) is 10.00. The lowest BCUT2D eigenvalue weighted by Gasteiger charge is -2.15. The summed E-state index contributed by atoms with van der Waals surface area (Å²) < 4.78 is 70.6. The van der Waals surface area contributed by atoms with E-state index in [0.29, 0.717) is 28.2 Å². The molecule has 3 rings (SSSR count). The molecule has 0 aliphatic rings. The Kier molecular flexibility index (Phi) is 7.47. The summed E-state index contributed by atoms with van der Waals surface area (Å²) in [6, 6.07) is 12.3. The maximum Gasteiger partial charge on any atom is 0.330 e. The summed E-state index contributed by atoms with van der Waals surface area (Å²) in [5.74, 6) is -5.08. The fourth-order valence-corrected chi connectivity index (χ4v) is 3.18. The van der Waals surface area contributed by atoms with E-state index in [1.165, 1.54) is 30.3 Å². The van der Waals surface area contributed by atoms with Crippen LogP contribution in [-0.2, 0) is 17.9 Å². The van der Waals surface area contributed by atoms with Crippen molar-refractivity contribution in [1.29, 1.82) is 0 Å². The highest BCUT2D eigenvalue weighted by molar-refractivity contribution is 6.05. The van der Waals surface area contributed by atoms with Crippen LogP contribution in [0.15, 0.2) is 48.5 Å². The Labute approximate surface area is 187 Å². The summed E-state index contributed by atoms with van der Waals surface area (Å²) in [5, 5.41) is 7.13. The van der Waals surface area contributed by atoms with E-state index < -0.39 is 24.9 Å². The van der Waals surface area contributed by atoms with Crippen LogP contribution in [0.1, 0.15) is 32.9 Å². The summed E-state index contributed by atoms with van der Waals surface area (Å²) in [5.41, 5.74) is 2.66. The molecule has 1 heterocycles. The van der Waals surface area contributed by atoms with Crippen LogP contribution < -0.4 is 5.32 Å². The van der Waals surface area contributed by atoms with Crippen LogP contribution in [0.5, 0.6) is 0 Å². The molecule has 176 valence electrons. The van der Waals surface area contributed by atoms with Gasteiger partial charge < -0.3 is 10.1 Å². The maximum absolute atomic E-state index is 14.0. The average Bonchev–Trinajstić information content (AvgIpc) is 3.02. The number of nitrogens with zero attached hydrogens (tertiary/aromatic N) is 2. The van der Waals surface area contributed by atoms with Gasteiger partial charge in [0.15, 0.2) is 0 Å². The Hall–Kier alpha value is -3.27. The Morgan fingerprint density at radius 3 is 2.58 bits per heavy atom. The summed E-state index contributed by atoms with van der Waals surface area (Å²) >= 11 is 0. The number of alkyl halides is 4. The molecule has 0 saturated carbocycles. The first kappa shape index (κ1) is 24.4. The highest BCUT2D eigenvalue weighted by atomic mass is 19.3. The Morgan fingerprint density at radius 1 is 1.15 bits per heavy atom. The zero-order chi connectivity index (χ0) is 24.2. The first-order chi connectivity index (χ1) is 15.6. The van der Waals surface area contributed by atoms with Gasteiger partial charge in [-0.05, 0) is 37.6 Å². The summed E-state index contributed by atoms with van der Waals surface area (Å²) in [7, 11) is 0. The molecule has 3 aromatic rings. The maximum atomic E-state index is 14.0. The zero-order valence-electron chi connectivity index (χ0n) is 17.9. The van der Waals surface area contributed by atoms with Gasteiger partial charge in [0, 0.05) is 11.1 Å². The molecular weight excluding hydrogens is 445 g/mol. The standard InChI is InChI=1S/C23H22F5N3O2/c1-14-20(15(2)31(30-14)11-18-7-3-4-9-19(18)24)29-21(32)17-8-5-6-16(10-17)12-33-13-23(27,28)22(25)26/h3-10,22H,11-13H2,1-2H3,(H,29,32). The molecule has 0 atom stereocenters. The van der Waals surface area contributed by atoms with E-state index in [-0.39, 0.29) is 24.5 Å². The van der Waals surface area contributed by atoms with Gasteiger partial charge in [0.2, 0.25) is 0 Å². The quantitative estimate of drug-likeness (QED) is 0.432. The minimum atomic E-state index is -4.24. The summed E-state index contributed by atoms with van der Waals surface area (Å²) in [6.45, 7) is 1.84. The molecule has 5 nitrogen and oxygen atoms in total. The molecule has 0 saturated heterocycles. The van der Waals surface area contributed by atoms with Gasteiger partial charge in [-0.2, -0.15) is 13.9 Å². The van der Waals surface area contributed by atoms with Crippen molar-refractivity contribution in [2.45, 2.75) is 39.3 Å². The third-order valence-electron chi connectivity index (χ3n) is 4.97. The molecule has 0 fully saturated rings. The van der Waals surface area contributed by atoms with Crippen molar-refractivity contribution in [2.24, 2.45) is 0 Å². The minimum absolute atomic E-state index is 0.186. The first-order valence-electron chi connectivity index (χ1n) is 10.00. The van der Waals surface area contributed by atoms with Crippen molar-refractivity contribution < 1.29 is 31.5 Å². The van der Waals surface area contributed by atoms with Crippen molar-refractivity contribution in [3.63, 3.8) is 0 Å². The van der Waals surface area contributed by atoms with Gasteiger partial charge in [0.1, 0.15) is 12.4 Å². The van der Waals surface area contributed by atoms with Gasteiger partial charge in [-0.15, -0.1) is 0 Å². The molecule has 0 bridgehead atoms. The molecule has 1 N–H and O–H groups in total. The van der Waals surface area contributed by atoms with Crippen LogP contribution in [0.25, 0.3) is 0 Å². The van der Waals surface area contributed by atoms with E-state index in [1.54, 1.807) is 36.7 Å². The minimum Gasteiger partial charge on any atom is -0.370 e. The fraction of sp³-hybridized carbons (Fsp3) is 0.304. The average molecular weight is 467 g/mol. The van der Waals surface area contributed by atoms with Gasteiger partial charge >= 0.3 is 12.3 Å². The van der Waals surface area contributed by atoms with Crippen molar-refractivity contribution in [2.75, 3.05) is 11.9 Å². The van der Waals surface area contributed by atoms with E-state index in [2.05, 4.69) is 10.4 Å². The SMILES string of the molecule is Cc1nn(Cc2ccccc2F)c(C)c1NC(=O)c1cccc(COCC(F)(F)C(F)F)c1. The second kappa shape index (κ2) is 10.1. The monoisotopic (exact) mass is 467 g/mol. The van der Waals surface area contributed by atoms with Gasteiger partial charge in [0.25, 0.3) is 5.91 Å². The smallest absolute Gasteiger partial charge is 0.330 e. The molecule has 0 unspecified atom stereocenters. The number of ether oxygens (including phenoxy) is 1. The van der Waals surface area contributed by atoms with E-state index in [9.17, 15) is 26.7 Å². The molecule has 0 radical (unpaired) electrons. The molecule has 2 aromatic carbocycles. The molecular formula is C23H22F5N3O2. The Morgan fingerprint density at radius 2 is 1.88 bits per heavy atom. The second-order valence-corrected chi connectivity index (χ2v) is 7.50. The molecule has 0 aliphatic heterocycles. The number of amides is 1. The lowest BCUT2D eigenvalue weighted by atomic mass is 10.1. The highest BCUT2D eigenvalue weighted by Crippen LogP contribution is 2.24. The van der Waals surface area contributed by atoms with E-state index >= 15 is 0 Å². The van der Waals surface area contributed by atoms with Crippen LogP contribution in [-0.4, -0.2) is 34.6 Å². The predicted octanol–water partition coefficient (Wildman–Crippen LogP) is 5.36. The van der Waals surface area contributed by atoms with Crippen LogP contribution in [0.2, 0.25) is 0 Å². The Bertz CT molecular complexity index is 1130. The number of benzene rings is 2. The molecule has 10 heteroatoms. The number of carbonyl (C=O) groups is 1.